The quantitative estimate of drug-likeness (QED) is 0.697. The van der Waals surface area contributed by atoms with Gasteiger partial charge in [-0.25, -0.2) is 9.59 Å². The van der Waals surface area contributed by atoms with Gasteiger partial charge in [-0.05, 0) is 24.6 Å². The molecule has 2 amide bonds. The number of carboxylic acids is 1. The SMILES string of the molecule is Cc1ccc(Cl)c(NC(=O)NCCOCC(=O)O)c1. The van der Waals surface area contributed by atoms with Gasteiger partial charge in [0.2, 0.25) is 0 Å². The Hall–Kier alpha value is -1.79. The van der Waals surface area contributed by atoms with Crippen molar-refractivity contribution in [1.82, 2.24) is 5.32 Å². The van der Waals surface area contributed by atoms with E-state index in [9.17, 15) is 9.59 Å². The largest absolute Gasteiger partial charge is 0.480 e. The summed E-state index contributed by atoms with van der Waals surface area (Å²) < 4.78 is 4.77. The molecule has 0 radical (unpaired) electrons. The summed E-state index contributed by atoms with van der Waals surface area (Å²) in [4.78, 5) is 21.7. The highest BCUT2D eigenvalue weighted by Gasteiger charge is 2.05. The Morgan fingerprint density at radius 3 is 2.84 bits per heavy atom. The van der Waals surface area contributed by atoms with Crippen molar-refractivity contribution < 1.29 is 19.4 Å². The number of nitrogens with one attached hydrogen (secondary N) is 2. The summed E-state index contributed by atoms with van der Waals surface area (Å²) in [5, 5.41) is 13.9. The van der Waals surface area contributed by atoms with Gasteiger partial charge in [0.05, 0.1) is 17.3 Å². The molecular weight excluding hydrogens is 272 g/mol. The van der Waals surface area contributed by atoms with Gasteiger partial charge in [-0.2, -0.15) is 0 Å². The zero-order chi connectivity index (χ0) is 14.3. The molecule has 1 aromatic rings. The average Bonchev–Trinajstić information content (AvgIpc) is 2.33. The second kappa shape index (κ2) is 7.60. The number of anilines is 1. The number of hydrogen-bond acceptors (Lipinski definition) is 3. The Labute approximate surface area is 115 Å². The molecule has 3 N–H and O–H groups in total. The van der Waals surface area contributed by atoms with Gasteiger partial charge in [0.15, 0.2) is 0 Å². The number of ether oxygens (including phenoxy) is 1. The van der Waals surface area contributed by atoms with Crippen LogP contribution in [0.5, 0.6) is 0 Å². The fourth-order valence-corrected chi connectivity index (χ4v) is 1.46. The first kappa shape index (κ1) is 15.3. The Morgan fingerprint density at radius 2 is 2.16 bits per heavy atom. The van der Waals surface area contributed by atoms with Crippen LogP contribution in [-0.2, 0) is 9.53 Å². The topological polar surface area (TPSA) is 87.7 Å². The summed E-state index contributed by atoms with van der Waals surface area (Å²) in [6, 6.07) is 4.86. The predicted molar refractivity (Wildman–Crippen MR) is 71.7 cm³/mol. The minimum atomic E-state index is -1.05. The number of carbonyl (C=O) groups is 2. The van der Waals surface area contributed by atoms with Crippen LogP contribution in [0.4, 0.5) is 10.5 Å². The van der Waals surface area contributed by atoms with E-state index >= 15 is 0 Å². The minimum absolute atomic E-state index is 0.126. The third-order valence-corrected chi connectivity index (χ3v) is 2.46. The summed E-state index contributed by atoms with van der Waals surface area (Å²) >= 11 is 5.93. The number of rotatable bonds is 6. The van der Waals surface area contributed by atoms with Crippen molar-refractivity contribution in [3.05, 3.63) is 28.8 Å². The van der Waals surface area contributed by atoms with E-state index in [2.05, 4.69) is 10.6 Å². The van der Waals surface area contributed by atoms with Gasteiger partial charge in [-0.15, -0.1) is 0 Å². The monoisotopic (exact) mass is 286 g/mol. The highest BCUT2D eigenvalue weighted by molar-refractivity contribution is 6.33. The molecule has 104 valence electrons. The van der Waals surface area contributed by atoms with E-state index in [1.165, 1.54) is 0 Å². The van der Waals surface area contributed by atoms with Crippen molar-refractivity contribution in [2.75, 3.05) is 25.1 Å². The first-order valence-electron chi connectivity index (χ1n) is 5.59. The highest BCUT2D eigenvalue weighted by atomic mass is 35.5. The Kier molecular flexibility index (Phi) is 6.11. The van der Waals surface area contributed by atoms with Crippen LogP contribution in [-0.4, -0.2) is 36.9 Å². The Morgan fingerprint density at radius 1 is 1.42 bits per heavy atom. The van der Waals surface area contributed by atoms with E-state index in [1.807, 2.05) is 13.0 Å². The van der Waals surface area contributed by atoms with E-state index < -0.39 is 12.0 Å². The van der Waals surface area contributed by atoms with Crippen molar-refractivity contribution in [2.24, 2.45) is 0 Å². The number of aryl methyl sites for hydroxylation is 1. The van der Waals surface area contributed by atoms with Crippen LogP contribution in [0.2, 0.25) is 5.02 Å². The van der Waals surface area contributed by atoms with Gasteiger partial charge in [0.25, 0.3) is 0 Å². The summed E-state index contributed by atoms with van der Waals surface area (Å²) in [5.74, 6) is -1.05. The Balaban J connectivity index is 2.31. The second-order valence-electron chi connectivity index (χ2n) is 3.81. The predicted octanol–water partition coefficient (Wildman–Crippen LogP) is 1.87. The van der Waals surface area contributed by atoms with Gasteiger partial charge in [-0.1, -0.05) is 17.7 Å². The first-order valence-corrected chi connectivity index (χ1v) is 5.97. The highest BCUT2D eigenvalue weighted by Crippen LogP contribution is 2.22. The standard InChI is InChI=1S/C12H15ClN2O4/c1-8-2-3-9(13)10(6-8)15-12(18)14-4-5-19-7-11(16)17/h2-3,6H,4-5,7H2,1H3,(H,16,17)(H2,14,15,18). The van der Waals surface area contributed by atoms with Crippen LogP contribution < -0.4 is 10.6 Å². The molecular formula is C12H15ClN2O4. The molecule has 0 fully saturated rings. The summed E-state index contributed by atoms with van der Waals surface area (Å²) in [7, 11) is 0. The zero-order valence-electron chi connectivity index (χ0n) is 10.4. The van der Waals surface area contributed by atoms with Gasteiger partial charge in [-0.3, -0.25) is 0 Å². The molecule has 0 unspecified atom stereocenters. The van der Waals surface area contributed by atoms with Gasteiger partial charge >= 0.3 is 12.0 Å². The lowest BCUT2D eigenvalue weighted by atomic mass is 10.2. The molecule has 1 aromatic carbocycles. The molecule has 19 heavy (non-hydrogen) atoms. The van der Waals surface area contributed by atoms with Crippen LogP contribution in [0.3, 0.4) is 0 Å². The fourth-order valence-electron chi connectivity index (χ4n) is 1.30. The Bertz CT molecular complexity index is 465. The lowest BCUT2D eigenvalue weighted by Crippen LogP contribution is -2.32. The smallest absolute Gasteiger partial charge is 0.329 e. The summed E-state index contributed by atoms with van der Waals surface area (Å²) in [6.07, 6.45) is 0. The van der Waals surface area contributed by atoms with E-state index in [-0.39, 0.29) is 19.8 Å². The molecule has 0 aromatic heterocycles. The second-order valence-corrected chi connectivity index (χ2v) is 4.22. The fraction of sp³-hybridized carbons (Fsp3) is 0.333. The third kappa shape index (κ3) is 6.08. The third-order valence-electron chi connectivity index (χ3n) is 2.13. The van der Waals surface area contributed by atoms with Crippen LogP contribution >= 0.6 is 11.6 Å². The van der Waals surface area contributed by atoms with Crippen molar-refractivity contribution in [1.29, 1.82) is 0 Å². The maximum absolute atomic E-state index is 11.5. The van der Waals surface area contributed by atoms with Crippen molar-refractivity contribution in [2.45, 2.75) is 6.92 Å². The maximum atomic E-state index is 11.5. The number of benzene rings is 1. The van der Waals surface area contributed by atoms with Crippen molar-refractivity contribution >= 4 is 29.3 Å². The molecule has 0 aliphatic heterocycles. The molecule has 0 aliphatic rings. The van der Waals surface area contributed by atoms with Gasteiger partial charge in [0, 0.05) is 6.54 Å². The average molecular weight is 287 g/mol. The van der Waals surface area contributed by atoms with Crippen LogP contribution in [0, 0.1) is 6.92 Å². The van der Waals surface area contributed by atoms with E-state index in [1.54, 1.807) is 12.1 Å². The van der Waals surface area contributed by atoms with Crippen molar-refractivity contribution in [3.8, 4) is 0 Å². The molecule has 7 heteroatoms. The lowest BCUT2D eigenvalue weighted by Gasteiger charge is -2.09. The number of amides is 2. The van der Waals surface area contributed by atoms with E-state index in [4.69, 9.17) is 21.4 Å². The molecule has 0 atom stereocenters. The summed E-state index contributed by atoms with van der Waals surface area (Å²) in [5.41, 5.74) is 1.50. The van der Waals surface area contributed by atoms with Gasteiger partial charge in [0.1, 0.15) is 6.61 Å². The molecule has 1 rings (SSSR count). The molecule has 0 saturated heterocycles. The van der Waals surface area contributed by atoms with Crippen LogP contribution in [0.25, 0.3) is 0 Å². The number of carboxylic acid groups (broad SMARTS) is 1. The zero-order valence-corrected chi connectivity index (χ0v) is 11.2. The molecule has 0 aliphatic carbocycles. The molecule has 6 nitrogen and oxygen atoms in total. The molecule has 0 heterocycles. The van der Waals surface area contributed by atoms with Crippen molar-refractivity contribution in [3.63, 3.8) is 0 Å². The number of urea groups is 1. The number of halogens is 1. The molecule has 0 saturated carbocycles. The maximum Gasteiger partial charge on any atom is 0.329 e. The molecule has 0 spiro atoms. The van der Waals surface area contributed by atoms with E-state index in [0.29, 0.717) is 10.7 Å². The normalized spacial score (nSPS) is 10.0. The number of carbonyl (C=O) groups excluding carboxylic acids is 1. The lowest BCUT2D eigenvalue weighted by molar-refractivity contribution is -0.142. The number of aliphatic carboxylic acids is 1. The van der Waals surface area contributed by atoms with E-state index in [0.717, 1.165) is 5.56 Å². The van der Waals surface area contributed by atoms with Crippen LogP contribution in [0.15, 0.2) is 18.2 Å². The summed E-state index contributed by atoms with van der Waals surface area (Å²) in [6.45, 7) is 1.84. The number of hydrogen-bond donors (Lipinski definition) is 3. The van der Waals surface area contributed by atoms with Gasteiger partial charge < -0.3 is 20.5 Å². The molecule has 0 bridgehead atoms. The minimum Gasteiger partial charge on any atom is -0.480 e. The first-order chi connectivity index (χ1) is 8.99. The van der Waals surface area contributed by atoms with Crippen LogP contribution in [0.1, 0.15) is 5.56 Å².